The van der Waals surface area contributed by atoms with Crippen LogP contribution in [0.3, 0.4) is 0 Å². The Morgan fingerprint density at radius 1 is 1.06 bits per heavy atom. The van der Waals surface area contributed by atoms with Gasteiger partial charge in [-0.1, -0.05) is 36.2 Å². The lowest BCUT2D eigenvalue weighted by atomic mass is 10.1. The average Bonchev–Trinajstić information content (AvgIpc) is 2.82. The summed E-state index contributed by atoms with van der Waals surface area (Å²) in [6, 6.07) is 8.47. The first kappa shape index (κ1) is 28.5. The third-order valence-corrected chi connectivity index (χ3v) is 7.05. The van der Waals surface area contributed by atoms with Crippen LogP contribution in [0, 0.1) is 0 Å². The molecule has 0 spiro atoms. The molecule has 1 N–H and O–H groups in total. The molecule has 0 aliphatic heterocycles. The standard InChI is InChI=1S/C23H29Cl2N3O6S/c1-6-19(23(30)26-2)27(13-15-7-8-16(24)11-18(15)25)22(29)14-28(35(5,31)32)17-9-10-20(33-3)21(12-17)34-4/h7-12,19H,6,13-14H2,1-5H3,(H,26,30). The third kappa shape index (κ3) is 7.16. The zero-order valence-electron chi connectivity index (χ0n) is 20.2. The molecule has 35 heavy (non-hydrogen) atoms. The summed E-state index contributed by atoms with van der Waals surface area (Å²) in [5.74, 6) is -0.275. The van der Waals surface area contributed by atoms with E-state index in [9.17, 15) is 18.0 Å². The smallest absolute Gasteiger partial charge is 0.244 e. The molecule has 0 aliphatic carbocycles. The van der Waals surface area contributed by atoms with Crippen molar-refractivity contribution in [2.45, 2.75) is 25.9 Å². The zero-order chi connectivity index (χ0) is 26.3. The number of hydrogen-bond donors (Lipinski definition) is 1. The molecular formula is C23H29Cl2N3O6S. The van der Waals surface area contributed by atoms with Crippen molar-refractivity contribution < 1.29 is 27.5 Å². The highest BCUT2D eigenvalue weighted by atomic mass is 35.5. The Hall–Kier alpha value is -2.69. The van der Waals surface area contributed by atoms with Gasteiger partial charge in [0, 0.05) is 29.7 Å². The molecule has 2 amide bonds. The second kappa shape index (κ2) is 12.3. The second-order valence-electron chi connectivity index (χ2n) is 7.60. The van der Waals surface area contributed by atoms with Gasteiger partial charge in [0.2, 0.25) is 21.8 Å². The number of methoxy groups -OCH3 is 2. The maximum Gasteiger partial charge on any atom is 0.244 e. The number of anilines is 1. The van der Waals surface area contributed by atoms with Gasteiger partial charge in [-0.25, -0.2) is 8.42 Å². The SMILES string of the molecule is CCC(C(=O)NC)N(Cc1ccc(Cl)cc1Cl)C(=O)CN(c1ccc(OC)c(OC)c1)S(C)(=O)=O. The van der Waals surface area contributed by atoms with Crippen LogP contribution in [-0.2, 0) is 26.2 Å². The quantitative estimate of drug-likeness (QED) is 0.464. The minimum Gasteiger partial charge on any atom is -0.493 e. The number of hydrogen-bond acceptors (Lipinski definition) is 6. The van der Waals surface area contributed by atoms with E-state index in [4.69, 9.17) is 32.7 Å². The van der Waals surface area contributed by atoms with Crippen molar-refractivity contribution in [3.05, 3.63) is 52.0 Å². The Kier molecular flexibility index (Phi) is 10.1. The van der Waals surface area contributed by atoms with Gasteiger partial charge in [0.15, 0.2) is 11.5 Å². The molecule has 2 aromatic carbocycles. The van der Waals surface area contributed by atoms with Crippen molar-refractivity contribution in [3.8, 4) is 11.5 Å². The second-order valence-corrected chi connectivity index (χ2v) is 10.4. The zero-order valence-corrected chi connectivity index (χ0v) is 22.5. The first-order valence-electron chi connectivity index (χ1n) is 10.6. The number of benzene rings is 2. The lowest BCUT2D eigenvalue weighted by molar-refractivity contribution is -0.140. The Balaban J connectivity index is 2.50. The lowest BCUT2D eigenvalue weighted by Gasteiger charge is -2.32. The highest BCUT2D eigenvalue weighted by molar-refractivity contribution is 7.92. The fourth-order valence-corrected chi connectivity index (χ4v) is 4.82. The molecular weight excluding hydrogens is 517 g/mol. The van der Waals surface area contributed by atoms with E-state index >= 15 is 0 Å². The molecule has 0 bridgehead atoms. The van der Waals surface area contributed by atoms with Crippen LogP contribution in [0.1, 0.15) is 18.9 Å². The fourth-order valence-electron chi connectivity index (χ4n) is 3.51. The average molecular weight is 546 g/mol. The molecule has 9 nitrogen and oxygen atoms in total. The van der Waals surface area contributed by atoms with Crippen molar-refractivity contribution in [1.29, 1.82) is 0 Å². The molecule has 2 rings (SSSR count). The van der Waals surface area contributed by atoms with Crippen LogP contribution in [0.5, 0.6) is 11.5 Å². The maximum atomic E-state index is 13.6. The summed E-state index contributed by atoms with van der Waals surface area (Å²) >= 11 is 12.3. The molecule has 1 unspecified atom stereocenters. The molecule has 0 fully saturated rings. The number of carbonyl (C=O) groups excluding carboxylic acids is 2. The molecule has 0 radical (unpaired) electrons. The molecule has 0 aromatic heterocycles. The molecule has 2 aromatic rings. The summed E-state index contributed by atoms with van der Waals surface area (Å²) in [6.45, 7) is 1.18. The van der Waals surface area contributed by atoms with E-state index in [0.717, 1.165) is 10.6 Å². The number of carbonyl (C=O) groups is 2. The van der Waals surface area contributed by atoms with E-state index in [0.29, 0.717) is 33.5 Å². The number of sulfonamides is 1. The summed E-state index contributed by atoms with van der Waals surface area (Å²) in [6.07, 6.45) is 1.29. The molecule has 192 valence electrons. The van der Waals surface area contributed by atoms with Gasteiger partial charge in [-0.3, -0.25) is 13.9 Å². The summed E-state index contributed by atoms with van der Waals surface area (Å²) in [5.41, 5.74) is 0.764. The van der Waals surface area contributed by atoms with E-state index in [1.165, 1.54) is 44.4 Å². The molecule has 12 heteroatoms. The van der Waals surface area contributed by atoms with Crippen LogP contribution >= 0.6 is 23.2 Å². The first-order chi connectivity index (χ1) is 16.5. The van der Waals surface area contributed by atoms with Crippen molar-refractivity contribution in [2.75, 3.05) is 38.4 Å². The molecule has 0 aliphatic rings. The number of nitrogens with one attached hydrogen (secondary N) is 1. The van der Waals surface area contributed by atoms with Crippen LogP contribution in [-0.4, -0.2) is 65.2 Å². The van der Waals surface area contributed by atoms with E-state index < -0.39 is 28.5 Å². The molecule has 1 atom stereocenters. The van der Waals surface area contributed by atoms with Gasteiger partial charge >= 0.3 is 0 Å². The Morgan fingerprint density at radius 2 is 1.71 bits per heavy atom. The third-order valence-electron chi connectivity index (χ3n) is 5.32. The topological polar surface area (TPSA) is 105 Å². The molecule has 0 saturated heterocycles. The number of halogens is 2. The number of likely N-dealkylation sites (N-methyl/N-ethyl adjacent to an activating group) is 1. The largest absolute Gasteiger partial charge is 0.493 e. The summed E-state index contributed by atoms with van der Waals surface area (Å²) in [5, 5.41) is 3.30. The van der Waals surface area contributed by atoms with E-state index in [1.807, 2.05) is 0 Å². The van der Waals surface area contributed by atoms with E-state index in [-0.39, 0.29) is 18.1 Å². The van der Waals surface area contributed by atoms with Crippen molar-refractivity contribution >= 4 is 50.7 Å². The minimum absolute atomic E-state index is 0.0235. The molecule has 0 saturated carbocycles. The number of nitrogens with zero attached hydrogens (tertiary/aromatic N) is 2. The highest BCUT2D eigenvalue weighted by Gasteiger charge is 2.32. The van der Waals surface area contributed by atoms with Gasteiger partial charge in [0.25, 0.3) is 0 Å². The normalized spacial score (nSPS) is 12.0. The first-order valence-corrected chi connectivity index (χ1v) is 13.2. The number of rotatable bonds is 11. The summed E-state index contributed by atoms with van der Waals surface area (Å²) in [4.78, 5) is 27.5. The van der Waals surface area contributed by atoms with Crippen LogP contribution < -0.4 is 19.1 Å². The highest BCUT2D eigenvalue weighted by Crippen LogP contribution is 2.32. The van der Waals surface area contributed by atoms with Crippen molar-refractivity contribution in [1.82, 2.24) is 10.2 Å². The van der Waals surface area contributed by atoms with E-state index in [1.54, 1.807) is 25.1 Å². The summed E-state index contributed by atoms with van der Waals surface area (Å²) in [7, 11) is 0.455. The molecule has 0 heterocycles. The van der Waals surface area contributed by atoms with Gasteiger partial charge in [-0.05, 0) is 36.2 Å². The van der Waals surface area contributed by atoms with Crippen molar-refractivity contribution in [3.63, 3.8) is 0 Å². The van der Waals surface area contributed by atoms with Crippen LogP contribution in [0.15, 0.2) is 36.4 Å². The van der Waals surface area contributed by atoms with Gasteiger partial charge in [-0.2, -0.15) is 0 Å². The Morgan fingerprint density at radius 3 is 2.23 bits per heavy atom. The number of amides is 2. The van der Waals surface area contributed by atoms with Crippen LogP contribution in [0.4, 0.5) is 5.69 Å². The Labute approximate surface area is 215 Å². The van der Waals surface area contributed by atoms with E-state index in [2.05, 4.69) is 5.32 Å². The summed E-state index contributed by atoms with van der Waals surface area (Å²) < 4.78 is 36.8. The lowest BCUT2D eigenvalue weighted by Crippen LogP contribution is -2.51. The van der Waals surface area contributed by atoms with Crippen LogP contribution in [0.25, 0.3) is 0 Å². The van der Waals surface area contributed by atoms with Gasteiger partial charge in [0.1, 0.15) is 12.6 Å². The van der Waals surface area contributed by atoms with Gasteiger partial charge in [-0.15, -0.1) is 0 Å². The van der Waals surface area contributed by atoms with Gasteiger partial charge < -0.3 is 19.7 Å². The van der Waals surface area contributed by atoms with Crippen LogP contribution in [0.2, 0.25) is 10.0 Å². The van der Waals surface area contributed by atoms with Gasteiger partial charge in [0.05, 0.1) is 26.2 Å². The minimum atomic E-state index is -3.89. The fraction of sp³-hybridized carbons (Fsp3) is 0.391. The predicted octanol–water partition coefficient (Wildman–Crippen LogP) is 3.33. The van der Waals surface area contributed by atoms with Crippen molar-refractivity contribution in [2.24, 2.45) is 0 Å². The number of ether oxygens (including phenoxy) is 2. The predicted molar refractivity (Wildman–Crippen MR) is 137 cm³/mol. The maximum absolute atomic E-state index is 13.6. The Bertz CT molecular complexity index is 1180. The monoisotopic (exact) mass is 545 g/mol.